The molecule has 6 nitrogen and oxygen atoms in total. The number of hydrogen-bond acceptors (Lipinski definition) is 6. The van der Waals surface area contributed by atoms with Crippen LogP contribution in [0.5, 0.6) is 0 Å². The van der Waals surface area contributed by atoms with Gasteiger partial charge in [0.2, 0.25) is 17.2 Å². The Kier molecular flexibility index (Phi) is 4.56. The van der Waals surface area contributed by atoms with Gasteiger partial charge in [-0.15, -0.1) is 12.3 Å². The van der Waals surface area contributed by atoms with E-state index in [0.29, 0.717) is 38.1 Å². The smallest absolute Gasteiger partial charge is 0.231 e. The van der Waals surface area contributed by atoms with Crippen LogP contribution >= 0.6 is 11.6 Å². The van der Waals surface area contributed by atoms with Gasteiger partial charge >= 0.3 is 0 Å². The van der Waals surface area contributed by atoms with E-state index in [2.05, 4.69) is 26.2 Å². The molecule has 0 amide bonds. The summed E-state index contributed by atoms with van der Waals surface area (Å²) >= 11 is 5.88. The number of nitrogens with one attached hydrogen (secondary N) is 1. The van der Waals surface area contributed by atoms with Gasteiger partial charge in [0, 0.05) is 26.1 Å². The summed E-state index contributed by atoms with van der Waals surface area (Å²) in [6.07, 6.45) is 5.79. The van der Waals surface area contributed by atoms with Gasteiger partial charge in [-0.2, -0.15) is 15.0 Å². The molecule has 1 fully saturated rings. The summed E-state index contributed by atoms with van der Waals surface area (Å²) in [7, 11) is 0. The lowest BCUT2D eigenvalue weighted by molar-refractivity contribution is 0.122. The Morgan fingerprint density at radius 3 is 2.83 bits per heavy atom. The molecule has 1 saturated heterocycles. The van der Waals surface area contributed by atoms with E-state index in [0.717, 1.165) is 13.1 Å². The van der Waals surface area contributed by atoms with E-state index in [4.69, 9.17) is 22.8 Å². The molecule has 1 N–H and O–H groups in total. The topological polar surface area (TPSA) is 63.2 Å². The number of nitrogens with zero attached hydrogens (tertiary/aromatic N) is 4. The molecule has 0 saturated carbocycles. The number of ether oxygens (including phenoxy) is 1. The van der Waals surface area contributed by atoms with Crippen molar-refractivity contribution in [3.63, 3.8) is 0 Å². The standard InChI is InChI=1S/C11H14ClN5O/c1-2-3-4-13-10-14-9(12)15-11(16-10)17-5-7-18-8-6-17/h1H,3-8H2,(H,13,14,15,16). The van der Waals surface area contributed by atoms with Gasteiger partial charge in [-0.1, -0.05) is 0 Å². The average Bonchev–Trinajstić information content (AvgIpc) is 2.39. The van der Waals surface area contributed by atoms with Crippen molar-refractivity contribution in [2.45, 2.75) is 6.42 Å². The summed E-state index contributed by atoms with van der Waals surface area (Å²) in [5.74, 6) is 3.56. The van der Waals surface area contributed by atoms with Crippen LogP contribution in [-0.2, 0) is 4.74 Å². The number of hydrogen-bond donors (Lipinski definition) is 1. The van der Waals surface area contributed by atoms with E-state index >= 15 is 0 Å². The normalized spacial score (nSPS) is 15.2. The maximum atomic E-state index is 5.88. The van der Waals surface area contributed by atoms with Crippen LogP contribution in [0.4, 0.5) is 11.9 Å². The molecule has 2 heterocycles. The highest BCUT2D eigenvalue weighted by Gasteiger charge is 2.15. The van der Waals surface area contributed by atoms with Crippen molar-refractivity contribution in [1.29, 1.82) is 0 Å². The van der Waals surface area contributed by atoms with Crippen molar-refractivity contribution in [3.05, 3.63) is 5.28 Å². The molecule has 0 spiro atoms. The summed E-state index contributed by atoms with van der Waals surface area (Å²) in [5.41, 5.74) is 0. The van der Waals surface area contributed by atoms with Crippen LogP contribution in [0, 0.1) is 12.3 Å². The van der Waals surface area contributed by atoms with Gasteiger partial charge in [-0.05, 0) is 11.6 Å². The molecule has 2 rings (SSSR count). The second-order valence-electron chi connectivity index (χ2n) is 3.71. The minimum atomic E-state index is 0.176. The van der Waals surface area contributed by atoms with Gasteiger partial charge in [-0.25, -0.2) is 0 Å². The second-order valence-corrected chi connectivity index (χ2v) is 4.05. The molecule has 0 bridgehead atoms. The summed E-state index contributed by atoms with van der Waals surface area (Å²) in [6, 6.07) is 0. The molecule has 7 heteroatoms. The van der Waals surface area contributed by atoms with Gasteiger partial charge < -0.3 is 15.0 Å². The molecule has 0 unspecified atom stereocenters. The number of morpholine rings is 1. The highest BCUT2D eigenvalue weighted by molar-refractivity contribution is 6.28. The minimum absolute atomic E-state index is 0.176. The molecule has 1 aliphatic rings. The van der Waals surface area contributed by atoms with Crippen LogP contribution in [0.25, 0.3) is 0 Å². The number of rotatable bonds is 4. The van der Waals surface area contributed by atoms with Gasteiger partial charge in [0.05, 0.1) is 13.2 Å². The fraction of sp³-hybridized carbons (Fsp3) is 0.545. The highest BCUT2D eigenvalue weighted by Crippen LogP contribution is 2.14. The van der Waals surface area contributed by atoms with Crippen molar-refractivity contribution < 1.29 is 4.74 Å². The van der Waals surface area contributed by atoms with E-state index in [-0.39, 0.29) is 5.28 Å². The first-order chi connectivity index (χ1) is 8.79. The predicted molar refractivity (Wildman–Crippen MR) is 69.8 cm³/mol. The summed E-state index contributed by atoms with van der Waals surface area (Å²) < 4.78 is 5.28. The summed E-state index contributed by atoms with van der Waals surface area (Å²) in [5, 5.41) is 3.19. The minimum Gasteiger partial charge on any atom is -0.378 e. The van der Waals surface area contributed by atoms with Crippen LogP contribution in [0.1, 0.15) is 6.42 Å². The zero-order chi connectivity index (χ0) is 12.8. The average molecular weight is 268 g/mol. The van der Waals surface area contributed by atoms with Gasteiger partial charge in [0.15, 0.2) is 0 Å². The number of terminal acetylenes is 1. The van der Waals surface area contributed by atoms with Crippen LogP contribution < -0.4 is 10.2 Å². The second kappa shape index (κ2) is 6.38. The quantitative estimate of drug-likeness (QED) is 0.643. The molecule has 1 aromatic heterocycles. The first kappa shape index (κ1) is 12.9. The molecular weight excluding hydrogens is 254 g/mol. The Labute approximate surface area is 111 Å². The Balaban J connectivity index is 2.07. The molecule has 1 aliphatic heterocycles. The first-order valence-corrected chi connectivity index (χ1v) is 6.09. The summed E-state index contributed by atoms with van der Waals surface area (Å²) in [6.45, 7) is 3.46. The molecular formula is C11H14ClN5O. The fourth-order valence-corrected chi connectivity index (χ4v) is 1.73. The third-order valence-corrected chi connectivity index (χ3v) is 2.61. The highest BCUT2D eigenvalue weighted by atomic mass is 35.5. The zero-order valence-electron chi connectivity index (χ0n) is 9.90. The number of halogens is 1. The maximum absolute atomic E-state index is 5.88. The van der Waals surface area contributed by atoms with Gasteiger partial charge in [0.25, 0.3) is 0 Å². The van der Waals surface area contributed by atoms with Crippen molar-refractivity contribution >= 4 is 23.5 Å². The molecule has 96 valence electrons. The molecule has 0 aromatic carbocycles. The zero-order valence-corrected chi connectivity index (χ0v) is 10.7. The largest absolute Gasteiger partial charge is 0.378 e. The lowest BCUT2D eigenvalue weighted by Gasteiger charge is -2.26. The first-order valence-electron chi connectivity index (χ1n) is 5.71. The number of anilines is 2. The fourth-order valence-electron chi connectivity index (χ4n) is 1.57. The summed E-state index contributed by atoms with van der Waals surface area (Å²) in [4.78, 5) is 14.5. The molecule has 0 atom stereocenters. The maximum Gasteiger partial charge on any atom is 0.231 e. The Bertz CT molecular complexity index is 442. The molecule has 0 radical (unpaired) electrons. The predicted octanol–water partition coefficient (Wildman–Crippen LogP) is 0.797. The van der Waals surface area contributed by atoms with Gasteiger partial charge in [-0.3, -0.25) is 0 Å². The lowest BCUT2D eigenvalue weighted by Crippen LogP contribution is -2.37. The van der Waals surface area contributed by atoms with Crippen molar-refractivity contribution in [2.75, 3.05) is 43.1 Å². The van der Waals surface area contributed by atoms with Crippen LogP contribution in [0.15, 0.2) is 0 Å². The van der Waals surface area contributed by atoms with Crippen molar-refractivity contribution in [2.24, 2.45) is 0 Å². The van der Waals surface area contributed by atoms with E-state index in [1.807, 2.05) is 4.90 Å². The van der Waals surface area contributed by atoms with Gasteiger partial charge in [0.1, 0.15) is 0 Å². The molecule has 0 aliphatic carbocycles. The van der Waals surface area contributed by atoms with E-state index in [1.54, 1.807) is 0 Å². The lowest BCUT2D eigenvalue weighted by atomic mass is 10.4. The SMILES string of the molecule is C#CCCNc1nc(Cl)nc(N2CCOCC2)n1. The third-order valence-electron chi connectivity index (χ3n) is 2.44. The van der Waals surface area contributed by atoms with E-state index < -0.39 is 0 Å². The van der Waals surface area contributed by atoms with Crippen LogP contribution in [-0.4, -0.2) is 47.8 Å². The Morgan fingerprint density at radius 2 is 2.11 bits per heavy atom. The van der Waals surface area contributed by atoms with Crippen molar-refractivity contribution in [3.8, 4) is 12.3 Å². The Morgan fingerprint density at radius 1 is 1.33 bits per heavy atom. The van der Waals surface area contributed by atoms with E-state index in [9.17, 15) is 0 Å². The number of aromatic nitrogens is 3. The van der Waals surface area contributed by atoms with Crippen LogP contribution in [0.3, 0.4) is 0 Å². The third kappa shape index (κ3) is 3.45. The monoisotopic (exact) mass is 267 g/mol. The van der Waals surface area contributed by atoms with E-state index in [1.165, 1.54) is 0 Å². The van der Waals surface area contributed by atoms with Crippen molar-refractivity contribution in [1.82, 2.24) is 15.0 Å². The Hall–Kier alpha value is -1.58. The van der Waals surface area contributed by atoms with Crippen LogP contribution in [0.2, 0.25) is 5.28 Å². The molecule has 1 aromatic rings. The molecule has 18 heavy (non-hydrogen) atoms.